The molecule has 2 atom stereocenters. The third-order valence-electron chi connectivity index (χ3n) is 2.84. The number of thioether (sulfide) groups is 1. The molecule has 1 saturated heterocycles. The molecule has 0 radical (unpaired) electrons. The number of nitrogens with one attached hydrogen (secondary N) is 1. The highest BCUT2D eigenvalue weighted by Gasteiger charge is 2.39. The molecule has 100 valence electrons. The van der Waals surface area contributed by atoms with E-state index in [-0.39, 0.29) is 17.2 Å². The first-order valence-electron chi connectivity index (χ1n) is 6.02. The Labute approximate surface area is 123 Å². The molecule has 0 spiro atoms. The fourth-order valence-corrected chi connectivity index (χ4v) is 3.30. The molecule has 0 bridgehead atoms. The third kappa shape index (κ3) is 2.98. The van der Waals surface area contributed by atoms with Gasteiger partial charge in [-0.1, -0.05) is 31.7 Å². The smallest absolute Gasteiger partial charge is 0.257 e. The van der Waals surface area contributed by atoms with E-state index >= 15 is 0 Å². The predicted molar refractivity (Wildman–Crippen MR) is 85.3 cm³/mol. The van der Waals surface area contributed by atoms with Crippen LogP contribution in [0.2, 0.25) is 0 Å². The summed E-state index contributed by atoms with van der Waals surface area (Å²) in [6.45, 7) is 7.81. The van der Waals surface area contributed by atoms with Crippen LogP contribution >= 0.6 is 24.0 Å². The van der Waals surface area contributed by atoms with Crippen molar-refractivity contribution in [2.45, 2.75) is 25.1 Å². The summed E-state index contributed by atoms with van der Waals surface area (Å²) in [6.07, 6.45) is 0. The molecule has 1 aliphatic heterocycles. The summed E-state index contributed by atoms with van der Waals surface area (Å²) in [5.74, 6) is -0.00236. The van der Waals surface area contributed by atoms with Crippen LogP contribution in [-0.4, -0.2) is 22.3 Å². The van der Waals surface area contributed by atoms with E-state index < -0.39 is 0 Å². The summed E-state index contributed by atoms with van der Waals surface area (Å²) in [6, 6.07) is 9.16. The largest absolute Gasteiger partial charge is 0.349 e. The monoisotopic (exact) mass is 292 g/mol. The number of carbonyl (C=O) groups excluding carboxylic acids is 1. The summed E-state index contributed by atoms with van der Waals surface area (Å²) in [7, 11) is 0. The number of carbonyl (C=O) groups is 1. The van der Waals surface area contributed by atoms with Gasteiger partial charge in [-0.3, -0.25) is 9.69 Å². The zero-order valence-corrected chi connectivity index (χ0v) is 12.6. The van der Waals surface area contributed by atoms with Crippen LogP contribution in [0.4, 0.5) is 5.69 Å². The van der Waals surface area contributed by atoms with Gasteiger partial charge in [0.25, 0.3) is 5.91 Å². The van der Waals surface area contributed by atoms with Crippen LogP contribution in [0.1, 0.15) is 13.8 Å². The molecule has 1 amide bonds. The highest BCUT2D eigenvalue weighted by atomic mass is 32.2. The minimum atomic E-state index is -0.297. The summed E-state index contributed by atoms with van der Waals surface area (Å²) in [4.78, 5) is 15.0. The van der Waals surface area contributed by atoms with Crippen LogP contribution in [-0.2, 0) is 4.79 Å². The van der Waals surface area contributed by atoms with Crippen LogP contribution in [0, 0.1) is 0 Å². The van der Waals surface area contributed by atoms with Gasteiger partial charge in [0.2, 0.25) is 0 Å². The minimum absolute atomic E-state index is 0.00236. The van der Waals surface area contributed by atoms with Gasteiger partial charge in [0.05, 0.1) is 5.69 Å². The summed E-state index contributed by atoms with van der Waals surface area (Å²) >= 11 is 6.86. The maximum atomic E-state index is 12.5. The van der Waals surface area contributed by atoms with E-state index in [1.165, 1.54) is 0 Å². The number of allylic oxidation sites excluding steroid dienone is 1. The first kappa shape index (κ1) is 14.1. The SMILES string of the molecule is C=C(C)SC(C)C1NC(=S)N(c2ccccc2)C1=O. The van der Waals surface area contributed by atoms with E-state index in [0.717, 1.165) is 10.6 Å². The second-order valence-electron chi connectivity index (χ2n) is 4.46. The van der Waals surface area contributed by atoms with E-state index in [0.29, 0.717) is 5.11 Å². The Morgan fingerprint density at radius 2 is 2.11 bits per heavy atom. The molecule has 0 aliphatic carbocycles. The topological polar surface area (TPSA) is 32.3 Å². The van der Waals surface area contributed by atoms with Crippen molar-refractivity contribution >= 4 is 40.7 Å². The summed E-state index contributed by atoms with van der Waals surface area (Å²) in [5.41, 5.74) is 0.806. The Kier molecular flexibility index (Phi) is 4.27. The van der Waals surface area contributed by atoms with Crippen LogP contribution in [0.3, 0.4) is 0 Å². The molecule has 1 fully saturated rings. The highest BCUT2D eigenvalue weighted by Crippen LogP contribution is 2.27. The second-order valence-corrected chi connectivity index (χ2v) is 6.52. The second kappa shape index (κ2) is 5.75. The van der Waals surface area contributed by atoms with Crippen molar-refractivity contribution in [3.8, 4) is 0 Å². The Bertz CT molecular complexity index is 515. The Balaban J connectivity index is 2.19. The lowest BCUT2D eigenvalue weighted by Crippen LogP contribution is -2.37. The molecule has 1 aromatic rings. The lowest BCUT2D eigenvalue weighted by Gasteiger charge is -2.17. The minimum Gasteiger partial charge on any atom is -0.349 e. The molecule has 0 saturated carbocycles. The maximum Gasteiger partial charge on any atom is 0.257 e. The van der Waals surface area contributed by atoms with Crippen molar-refractivity contribution in [3.63, 3.8) is 0 Å². The van der Waals surface area contributed by atoms with E-state index in [1.54, 1.807) is 16.7 Å². The van der Waals surface area contributed by atoms with Gasteiger partial charge in [-0.15, -0.1) is 11.8 Å². The quantitative estimate of drug-likeness (QED) is 0.865. The summed E-state index contributed by atoms with van der Waals surface area (Å²) < 4.78 is 0. The van der Waals surface area contributed by atoms with E-state index in [2.05, 4.69) is 11.9 Å². The molecule has 2 rings (SSSR count). The Morgan fingerprint density at radius 3 is 2.68 bits per heavy atom. The van der Waals surface area contributed by atoms with E-state index in [4.69, 9.17) is 12.2 Å². The number of hydrogen-bond acceptors (Lipinski definition) is 3. The van der Waals surface area contributed by atoms with Gasteiger partial charge in [-0.05, 0) is 36.2 Å². The van der Waals surface area contributed by atoms with Crippen LogP contribution < -0.4 is 10.2 Å². The number of anilines is 1. The lowest BCUT2D eigenvalue weighted by molar-refractivity contribution is -0.118. The molecular formula is C14H16N2OS2. The van der Waals surface area contributed by atoms with Crippen molar-refractivity contribution < 1.29 is 4.79 Å². The first-order valence-corrected chi connectivity index (χ1v) is 7.31. The molecule has 3 nitrogen and oxygen atoms in total. The zero-order valence-electron chi connectivity index (χ0n) is 10.9. The average molecular weight is 292 g/mol. The molecule has 0 aromatic heterocycles. The van der Waals surface area contributed by atoms with Crippen molar-refractivity contribution in [1.82, 2.24) is 5.32 Å². The lowest BCUT2D eigenvalue weighted by atomic mass is 10.2. The summed E-state index contributed by atoms with van der Waals surface area (Å²) in [5, 5.41) is 3.67. The molecule has 1 aliphatic rings. The maximum absolute atomic E-state index is 12.5. The van der Waals surface area contributed by atoms with Crippen LogP contribution in [0.5, 0.6) is 0 Å². The van der Waals surface area contributed by atoms with Gasteiger partial charge in [-0.2, -0.15) is 0 Å². The molecule has 5 heteroatoms. The number of para-hydroxylation sites is 1. The molecule has 1 aromatic carbocycles. The van der Waals surface area contributed by atoms with Crippen molar-refractivity contribution in [3.05, 3.63) is 41.8 Å². The van der Waals surface area contributed by atoms with Gasteiger partial charge in [0.1, 0.15) is 6.04 Å². The van der Waals surface area contributed by atoms with Crippen molar-refractivity contribution in [2.75, 3.05) is 4.90 Å². The van der Waals surface area contributed by atoms with Gasteiger partial charge in [0, 0.05) is 5.25 Å². The van der Waals surface area contributed by atoms with Gasteiger partial charge in [0.15, 0.2) is 5.11 Å². The van der Waals surface area contributed by atoms with Gasteiger partial charge >= 0.3 is 0 Å². The number of nitrogens with zero attached hydrogens (tertiary/aromatic N) is 1. The molecule has 2 unspecified atom stereocenters. The van der Waals surface area contributed by atoms with Crippen molar-refractivity contribution in [2.24, 2.45) is 0 Å². The highest BCUT2D eigenvalue weighted by molar-refractivity contribution is 8.03. The fraction of sp³-hybridized carbons (Fsp3) is 0.286. The van der Waals surface area contributed by atoms with Crippen molar-refractivity contribution in [1.29, 1.82) is 0 Å². The Hall–Kier alpha value is -1.33. The fourth-order valence-electron chi connectivity index (χ4n) is 2.02. The van der Waals surface area contributed by atoms with E-state index in [1.807, 2.05) is 44.2 Å². The number of amides is 1. The number of benzene rings is 1. The first-order chi connectivity index (χ1) is 9.00. The zero-order chi connectivity index (χ0) is 14.0. The third-order valence-corrected chi connectivity index (χ3v) is 4.19. The normalized spacial score (nSPS) is 20.3. The Morgan fingerprint density at radius 1 is 1.47 bits per heavy atom. The molecule has 19 heavy (non-hydrogen) atoms. The number of rotatable bonds is 4. The number of hydrogen-bond donors (Lipinski definition) is 1. The number of thiocarbonyl (C=S) groups is 1. The molecule has 1 N–H and O–H groups in total. The van der Waals surface area contributed by atoms with Crippen LogP contribution in [0.15, 0.2) is 41.8 Å². The predicted octanol–water partition coefficient (Wildman–Crippen LogP) is 2.93. The standard InChI is InChI=1S/C14H16N2OS2/c1-9(2)19-10(3)12-13(17)16(14(18)15-12)11-7-5-4-6-8-11/h4-8,10,12H,1H2,2-3H3,(H,15,18). The van der Waals surface area contributed by atoms with Crippen LogP contribution in [0.25, 0.3) is 0 Å². The van der Waals surface area contributed by atoms with E-state index in [9.17, 15) is 4.79 Å². The molecular weight excluding hydrogens is 276 g/mol. The van der Waals surface area contributed by atoms with Gasteiger partial charge < -0.3 is 5.32 Å². The average Bonchev–Trinajstić information content (AvgIpc) is 2.65. The molecule has 1 heterocycles. The van der Waals surface area contributed by atoms with Gasteiger partial charge in [-0.25, -0.2) is 0 Å².